The molecule has 1 saturated carbocycles. The first-order valence-corrected chi connectivity index (χ1v) is 9.13. The van der Waals surface area contributed by atoms with Crippen LogP contribution in [0, 0.1) is 0 Å². The number of hydrogen-bond donors (Lipinski definition) is 1. The number of nitrogens with one attached hydrogen (secondary N) is 1. The van der Waals surface area contributed by atoms with Gasteiger partial charge in [0.05, 0.1) is 0 Å². The van der Waals surface area contributed by atoms with E-state index in [0.29, 0.717) is 5.75 Å². The summed E-state index contributed by atoms with van der Waals surface area (Å²) in [4.78, 5) is 14.5. The maximum absolute atomic E-state index is 12.6. The van der Waals surface area contributed by atoms with Crippen LogP contribution in [0.1, 0.15) is 31.5 Å². The van der Waals surface area contributed by atoms with Crippen molar-refractivity contribution in [3.05, 3.63) is 22.4 Å². The lowest BCUT2D eigenvalue weighted by atomic mass is 10.2. The fourth-order valence-corrected chi connectivity index (χ4v) is 4.31. The smallest absolute Gasteiger partial charge is 0.244 e. The first kappa shape index (κ1) is 13.3. The Morgan fingerprint density at radius 1 is 1.63 bits per heavy atom. The Balaban J connectivity index is 1.89. The lowest BCUT2D eigenvalue weighted by molar-refractivity contribution is -0.132. The van der Waals surface area contributed by atoms with Gasteiger partial charge in [-0.2, -0.15) is 11.3 Å². The van der Waals surface area contributed by atoms with Gasteiger partial charge < -0.3 is 4.90 Å². The molecule has 0 bridgehead atoms. The largest absolute Gasteiger partial charge is 0.318 e. The fourth-order valence-electron chi connectivity index (χ4n) is 2.79. The minimum atomic E-state index is -0.892. The molecule has 0 radical (unpaired) electrons. The highest BCUT2D eigenvalue weighted by Crippen LogP contribution is 2.46. The number of rotatable bonds is 4. The molecule has 3 unspecified atom stereocenters. The Morgan fingerprint density at radius 3 is 2.89 bits per heavy atom. The van der Waals surface area contributed by atoms with Gasteiger partial charge in [0.1, 0.15) is 11.7 Å². The molecule has 2 fully saturated rings. The predicted octanol–water partition coefficient (Wildman–Crippen LogP) is 1.48. The number of amides is 1. The van der Waals surface area contributed by atoms with Gasteiger partial charge in [-0.05, 0) is 42.2 Å². The zero-order chi connectivity index (χ0) is 13.6. The van der Waals surface area contributed by atoms with Crippen molar-refractivity contribution >= 4 is 28.0 Å². The van der Waals surface area contributed by atoms with Gasteiger partial charge in [-0.3, -0.25) is 14.3 Å². The summed E-state index contributed by atoms with van der Waals surface area (Å²) in [6.45, 7) is 1.99. The van der Waals surface area contributed by atoms with Gasteiger partial charge in [-0.1, -0.05) is 0 Å². The maximum atomic E-state index is 12.6. The van der Waals surface area contributed by atoms with E-state index in [-0.39, 0.29) is 23.7 Å². The van der Waals surface area contributed by atoms with E-state index in [0.717, 1.165) is 18.4 Å². The van der Waals surface area contributed by atoms with Crippen LogP contribution in [0.3, 0.4) is 0 Å². The second kappa shape index (κ2) is 4.68. The molecule has 1 N–H and O–H groups in total. The van der Waals surface area contributed by atoms with Crippen LogP contribution in [0.25, 0.3) is 0 Å². The van der Waals surface area contributed by atoms with Crippen LogP contribution in [0.4, 0.5) is 0 Å². The molecule has 3 atom stereocenters. The SMILES string of the molecule is CC(CS(C)=O)N1C(=O)C2(CC2)NC1c1ccsc1. The summed E-state index contributed by atoms with van der Waals surface area (Å²) in [5, 5.41) is 7.59. The average molecular weight is 298 g/mol. The van der Waals surface area contributed by atoms with Crippen LogP contribution in [0.5, 0.6) is 0 Å². The molecule has 1 aliphatic carbocycles. The van der Waals surface area contributed by atoms with Gasteiger partial charge in [-0.15, -0.1) is 0 Å². The second-order valence-corrected chi connectivity index (χ2v) is 7.75. The standard InChI is InChI=1S/C13H18N2O2S2/c1-9(8-19(2)17)15-11(10-3-6-18-7-10)14-13(4-5-13)12(15)16/h3,6-7,9,11,14H,4-5,8H2,1-2H3. The van der Waals surface area contributed by atoms with E-state index in [1.54, 1.807) is 17.6 Å². The molecule has 3 rings (SSSR count). The highest BCUT2D eigenvalue weighted by atomic mass is 32.2. The molecule has 2 heterocycles. The molecule has 1 amide bonds. The Bertz CT molecular complexity index is 511. The van der Waals surface area contributed by atoms with E-state index in [4.69, 9.17) is 0 Å². The third-order valence-electron chi connectivity index (χ3n) is 3.89. The maximum Gasteiger partial charge on any atom is 0.244 e. The summed E-state index contributed by atoms with van der Waals surface area (Å²) >= 11 is 1.64. The van der Waals surface area contributed by atoms with E-state index in [2.05, 4.69) is 16.8 Å². The van der Waals surface area contributed by atoms with Crippen LogP contribution in [0.2, 0.25) is 0 Å². The third-order valence-corrected chi connectivity index (χ3v) is 5.55. The van der Waals surface area contributed by atoms with Crippen LogP contribution >= 0.6 is 11.3 Å². The van der Waals surface area contributed by atoms with Crippen molar-refractivity contribution in [3.8, 4) is 0 Å². The van der Waals surface area contributed by atoms with Crippen LogP contribution < -0.4 is 5.32 Å². The van der Waals surface area contributed by atoms with Crippen molar-refractivity contribution in [2.24, 2.45) is 0 Å². The summed E-state index contributed by atoms with van der Waals surface area (Å²) in [6.07, 6.45) is 3.48. The zero-order valence-electron chi connectivity index (χ0n) is 11.1. The van der Waals surface area contributed by atoms with Crippen molar-refractivity contribution in [2.75, 3.05) is 12.0 Å². The van der Waals surface area contributed by atoms with E-state index >= 15 is 0 Å². The van der Waals surface area contributed by atoms with Crippen LogP contribution in [0.15, 0.2) is 16.8 Å². The van der Waals surface area contributed by atoms with Gasteiger partial charge in [-0.25, -0.2) is 0 Å². The molecule has 1 aromatic heterocycles. The van der Waals surface area contributed by atoms with Crippen molar-refractivity contribution in [2.45, 2.75) is 37.5 Å². The van der Waals surface area contributed by atoms with Gasteiger partial charge in [0.15, 0.2) is 0 Å². The van der Waals surface area contributed by atoms with Crippen molar-refractivity contribution in [1.82, 2.24) is 10.2 Å². The molecule has 6 heteroatoms. The normalized spacial score (nSPS) is 27.8. The Labute approximate surface area is 119 Å². The predicted molar refractivity (Wildman–Crippen MR) is 77.4 cm³/mol. The van der Waals surface area contributed by atoms with Gasteiger partial charge in [0.2, 0.25) is 5.91 Å². The fraction of sp³-hybridized carbons (Fsp3) is 0.615. The minimum absolute atomic E-state index is 0.00397. The third kappa shape index (κ3) is 2.26. The van der Waals surface area contributed by atoms with Gasteiger partial charge >= 0.3 is 0 Å². The number of carbonyl (C=O) groups excluding carboxylic acids is 1. The average Bonchev–Trinajstić information content (AvgIpc) is 2.82. The lowest BCUT2D eigenvalue weighted by Gasteiger charge is -2.29. The number of thiophene rings is 1. The number of carbonyl (C=O) groups is 1. The molecular weight excluding hydrogens is 280 g/mol. The van der Waals surface area contributed by atoms with E-state index in [9.17, 15) is 9.00 Å². The molecule has 19 heavy (non-hydrogen) atoms. The quantitative estimate of drug-likeness (QED) is 0.916. The summed E-state index contributed by atoms with van der Waals surface area (Å²) in [5.74, 6) is 0.714. The first-order valence-electron chi connectivity index (χ1n) is 6.46. The molecule has 2 aliphatic rings. The molecule has 1 spiro atoms. The van der Waals surface area contributed by atoms with Gasteiger partial charge in [0.25, 0.3) is 0 Å². The molecule has 1 saturated heterocycles. The Kier molecular flexibility index (Phi) is 3.27. The van der Waals surface area contributed by atoms with Gasteiger partial charge in [0, 0.05) is 28.9 Å². The first-order chi connectivity index (χ1) is 9.03. The minimum Gasteiger partial charge on any atom is -0.318 e. The Hall–Kier alpha value is -0.720. The molecule has 1 aliphatic heterocycles. The van der Waals surface area contributed by atoms with E-state index < -0.39 is 10.8 Å². The molecule has 1 aromatic rings. The zero-order valence-corrected chi connectivity index (χ0v) is 12.7. The highest BCUT2D eigenvalue weighted by molar-refractivity contribution is 7.84. The summed E-state index contributed by atoms with van der Waals surface area (Å²) in [6, 6.07) is 2.05. The molecule has 0 aromatic carbocycles. The topological polar surface area (TPSA) is 49.4 Å². The van der Waals surface area contributed by atoms with E-state index in [1.165, 1.54) is 0 Å². The van der Waals surface area contributed by atoms with Crippen molar-refractivity contribution in [1.29, 1.82) is 0 Å². The van der Waals surface area contributed by atoms with Crippen molar-refractivity contribution in [3.63, 3.8) is 0 Å². The van der Waals surface area contributed by atoms with E-state index in [1.807, 2.05) is 17.2 Å². The van der Waals surface area contributed by atoms with Crippen LogP contribution in [-0.2, 0) is 15.6 Å². The number of nitrogens with zero attached hydrogens (tertiary/aromatic N) is 1. The Morgan fingerprint density at radius 2 is 2.37 bits per heavy atom. The molecular formula is C13H18N2O2S2. The lowest BCUT2D eigenvalue weighted by Crippen LogP contribution is -2.41. The monoisotopic (exact) mass is 298 g/mol. The van der Waals surface area contributed by atoms with Crippen LogP contribution in [-0.4, -0.2) is 38.6 Å². The summed E-state index contributed by atoms with van der Waals surface area (Å²) in [7, 11) is -0.892. The van der Waals surface area contributed by atoms with Crippen molar-refractivity contribution < 1.29 is 9.00 Å². The number of hydrogen-bond acceptors (Lipinski definition) is 4. The molecule has 4 nitrogen and oxygen atoms in total. The highest BCUT2D eigenvalue weighted by Gasteiger charge is 2.60. The summed E-state index contributed by atoms with van der Waals surface area (Å²) in [5.41, 5.74) is 0.812. The summed E-state index contributed by atoms with van der Waals surface area (Å²) < 4.78 is 11.4. The molecule has 104 valence electrons. The second-order valence-electron chi connectivity index (χ2n) is 5.49.